The number of hydrogen-bond acceptors (Lipinski definition) is 4. The van der Waals surface area contributed by atoms with Crippen LogP contribution in [-0.4, -0.2) is 28.5 Å². The minimum atomic E-state index is -5.01. The van der Waals surface area contributed by atoms with Crippen LogP contribution in [0.25, 0.3) is 0 Å². The molecule has 1 heterocycles. The summed E-state index contributed by atoms with van der Waals surface area (Å²) in [6.07, 6.45) is -8.12. The van der Waals surface area contributed by atoms with E-state index in [4.69, 9.17) is 0 Å². The molecule has 1 fully saturated rings. The maximum Gasteiger partial charge on any atom is 0.573 e. The van der Waals surface area contributed by atoms with E-state index in [0.717, 1.165) is 42.8 Å². The molecule has 0 radical (unpaired) electrons. The number of alkyl halides is 6. The van der Waals surface area contributed by atoms with Gasteiger partial charge in [-0.2, -0.15) is 5.10 Å². The van der Waals surface area contributed by atoms with Crippen LogP contribution in [0.5, 0.6) is 11.5 Å². The van der Waals surface area contributed by atoms with Gasteiger partial charge in [0.1, 0.15) is 17.3 Å². The third-order valence-electron chi connectivity index (χ3n) is 6.90. The van der Waals surface area contributed by atoms with E-state index >= 15 is 0 Å². The molecule has 1 saturated carbocycles. The average molecular weight is 605 g/mol. The summed E-state index contributed by atoms with van der Waals surface area (Å²) in [6.45, 7) is 0. The third-order valence-corrected chi connectivity index (χ3v) is 6.90. The Morgan fingerprint density at radius 3 is 1.91 bits per heavy atom. The molecule has 1 aromatic heterocycles. The van der Waals surface area contributed by atoms with Gasteiger partial charge in [-0.05, 0) is 53.8 Å². The smallest absolute Gasteiger partial charge is 0.406 e. The highest BCUT2D eigenvalue weighted by Crippen LogP contribution is 2.41. The number of carbonyl (C=O) groups excluding carboxylic acids is 1. The number of benzene rings is 3. The van der Waals surface area contributed by atoms with E-state index in [1.54, 1.807) is 43.4 Å². The first-order chi connectivity index (χ1) is 20.3. The van der Waals surface area contributed by atoms with Gasteiger partial charge in [-0.1, -0.05) is 54.6 Å². The quantitative estimate of drug-likeness (QED) is 0.195. The number of carbonyl (C=O) groups is 1. The molecule has 5 rings (SSSR count). The number of aryl methyl sites for hydroxylation is 1. The van der Waals surface area contributed by atoms with E-state index < -0.39 is 35.8 Å². The predicted molar refractivity (Wildman–Crippen MR) is 145 cm³/mol. The van der Waals surface area contributed by atoms with Crippen molar-refractivity contribution in [3.63, 3.8) is 0 Å². The van der Waals surface area contributed by atoms with E-state index in [1.165, 1.54) is 28.9 Å². The molecule has 7 nitrogen and oxygen atoms in total. The minimum absolute atomic E-state index is 0.0646. The molecule has 0 saturated heterocycles. The molecule has 226 valence electrons. The molecular weight excluding hydrogens is 578 g/mol. The molecule has 1 aliphatic carbocycles. The fraction of sp³-hybridized carbons (Fsp3) is 0.267. The molecule has 2 N–H and O–H groups in total. The van der Waals surface area contributed by atoms with Crippen LogP contribution in [0.1, 0.15) is 41.1 Å². The number of amides is 2. The van der Waals surface area contributed by atoms with Crippen molar-refractivity contribution >= 4 is 11.8 Å². The van der Waals surface area contributed by atoms with Crippen LogP contribution in [0.3, 0.4) is 0 Å². The molecule has 1 aliphatic rings. The molecule has 0 bridgehead atoms. The molecular formula is C30H26F6N4O3. The zero-order chi connectivity index (χ0) is 30.8. The maximum absolute atomic E-state index is 13.7. The summed E-state index contributed by atoms with van der Waals surface area (Å²) < 4.78 is 88.8. The first kappa shape index (κ1) is 29.8. The molecule has 43 heavy (non-hydrogen) atoms. The van der Waals surface area contributed by atoms with E-state index in [9.17, 15) is 31.1 Å². The second-order valence-corrected chi connectivity index (χ2v) is 10.2. The van der Waals surface area contributed by atoms with Crippen molar-refractivity contribution in [3.8, 4) is 11.5 Å². The van der Waals surface area contributed by atoms with Gasteiger partial charge in [-0.3, -0.25) is 10.00 Å². The van der Waals surface area contributed by atoms with Gasteiger partial charge in [0.2, 0.25) is 0 Å². The molecule has 0 unspecified atom stereocenters. The number of rotatable bonds is 9. The second kappa shape index (κ2) is 11.5. The van der Waals surface area contributed by atoms with Crippen LogP contribution in [0.15, 0.2) is 84.9 Å². The number of halogens is 6. The topological polar surface area (TPSA) is 77.4 Å². The van der Waals surface area contributed by atoms with Crippen molar-refractivity contribution in [2.75, 3.05) is 5.32 Å². The van der Waals surface area contributed by atoms with Crippen LogP contribution in [0.2, 0.25) is 0 Å². The van der Waals surface area contributed by atoms with Crippen molar-refractivity contribution in [1.29, 1.82) is 0 Å². The van der Waals surface area contributed by atoms with Crippen LogP contribution >= 0.6 is 0 Å². The highest BCUT2D eigenvalue weighted by atomic mass is 19.4. The van der Waals surface area contributed by atoms with Gasteiger partial charge in [0.15, 0.2) is 0 Å². The highest BCUT2D eigenvalue weighted by Gasteiger charge is 2.39. The Labute approximate surface area is 242 Å². The van der Waals surface area contributed by atoms with Gasteiger partial charge in [0, 0.05) is 25.5 Å². The largest absolute Gasteiger partial charge is 0.573 e. The van der Waals surface area contributed by atoms with Gasteiger partial charge in [-0.15, -0.1) is 26.3 Å². The average Bonchev–Trinajstić information content (AvgIpc) is 3.71. The van der Waals surface area contributed by atoms with Gasteiger partial charge in [0.05, 0.1) is 11.2 Å². The predicted octanol–water partition coefficient (Wildman–Crippen LogP) is 7.40. The van der Waals surface area contributed by atoms with Crippen LogP contribution in [-0.2, 0) is 19.0 Å². The monoisotopic (exact) mass is 604 g/mol. The lowest BCUT2D eigenvalue weighted by Crippen LogP contribution is -2.50. The highest BCUT2D eigenvalue weighted by molar-refractivity contribution is 5.89. The molecule has 0 aliphatic heterocycles. The van der Waals surface area contributed by atoms with Gasteiger partial charge in [0.25, 0.3) is 0 Å². The van der Waals surface area contributed by atoms with Crippen LogP contribution < -0.4 is 20.1 Å². The van der Waals surface area contributed by atoms with Crippen LogP contribution in [0.4, 0.5) is 37.0 Å². The van der Waals surface area contributed by atoms with Gasteiger partial charge in [-0.25, -0.2) is 4.79 Å². The van der Waals surface area contributed by atoms with E-state index in [0.29, 0.717) is 17.3 Å². The molecule has 2 amide bonds. The Bertz CT molecular complexity index is 1520. The van der Waals surface area contributed by atoms with Crippen molar-refractivity contribution in [3.05, 3.63) is 107 Å². The summed E-state index contributed by atoms with van der Waals surface area (Å²) in [5.41, 5.74) is -0.0487. The summed E-state index contributed by atoms with van der Waals surface area (Å²) in [4.78, 5) is 13.7. The van der Waals surface area contributed by atoms with Crippen molar-refractivity contribution in [2.45, 2.75) is 43.4 Å². The first-order valence-electron chi connectivity index (χ1n) is 13.2. The van der Waals surface area contributed by atoms with Crippen LogP contribution in [0, 0.1) is 0 Å². The molecule has 4 aromatic rings. The van der Waals surface area contributed by atoms with Gasteiger partial charge < -0.3 is 14.8 Å². The Kier molecular flexibility index (Phi) is 8.00. The normalized spacial score (nSPS) is 13.8. The lowest BCUT2D eigenvalue weighted by molar-refractivity contribution is -0.275. The number of ether oxygens (including phenoxy) is 2. The molecule has 13 heteroatoms. The number of anilines is 1. The third kappa shape index (κ3) is 7.59. The maximum atomic E-state index is 13.7. The summed E-state index contributed by atoms with van der Waals surface area (Å²) in [7, 11) is 1.65. The van der Waals surface area contributed by atoms with Crippen molar-refractivity contribution in [2.24, 2.45) is 7.05 Å². The standard InChI is InChI=1S/C30H26F6N4O3/c1-40-26(17-25(39-40)20-13-14-20)37-27(41)38-28(18-19-7-3-2-4-8-19,21-9-5-11-23(15-21)42-29(31,32)33)22-10-6-12-24(16-22)43-30(34,35)36/h2-12,15-17,20H,13-14,18H2,1H3,(H2,37,38,41). The summed E-state index contributed by atoms with van der Waals surface area (Å²) in [5.74, 6) is -0.493. The Hall–Kier alpha value is -4.68. The summed E-state index contributed by atoms with van der Waals surface area (Å²) in [5, 5.41) is 10.0. The number of urea groups is 1. The van der Waals surface area contributed by atoms with Gasteiger partial charge >= 0.3 is 18.8 Å². The number of nitrogens with zero attached hydrogens (tertiary/aromatic N) is 2. The van der Waals surface area contributed by atoms with E-state index in [-0.39, 0.29) is 17.5 Å². The lowest BCUT2D eigenvalue weighted by atomic mass is 9.77. The fourth-order valence-corrected chi connectivity index (χ4v) is 4.91. The fourth-order valence-electron chi connectivity index (χ4n) is 4.91. The Balaban J connectivity index is 1.63. The second-order valence-electron chi connectivity index (χ2n) is 10.2. The molecule has 0 spiro atoms. The van der Waals surface area contributed by atoms with Crippen molar-refractivity contribution in [1.82, 2.24) is 15.1 Å². The SMILES string of the molecule is Cn1nc(C2CC2)cc1NC(=O)NC(Cc1ccccc1)(c1cccc(OC(F)(F)F)c1)c1cccc(OC(F)(F)F)c1. The molecule has 0 atom stereocenters. The Morgan fingerprint density at radius 2 is 1.40 bits per heavy atom. The summed E-state index contributed by atoms with van der Waals surface area (Å²) >= 11 is 0. The Morgan fingerprint density at radius 1 is 0.837 bits per heavy atom. The van der Waals surface area contributed by atoms with E-state index in [1.807, 2.05) is 0 Å². The minimum Gasteiger partial charge on any atom is -0.406 e. The number of aromatic nitrogens is 2. The molecule has 3 aromatic carbocycles. The number of hydrogen-bond donors (Lipinski definition) is 2. The zero-order valence-corrected chi connectivity index (χ0v) is 22.7. The summed E-state index contributed by atoms with van der Waals surface area (Å²) in [6, 6.07) is 19.5. The number of nitrogens with one attached hydrogen (secondary N) is 2. The first-order valence-corrected chi connectivity index (χ1v) is 13.2. The lowest BCUT2D eigenvalue weighted by Gasteiger charge is -2.37. The zero-order valence-electron chi connectivity index (χ0n) is 22.7. The van der Waals surface area contributed by atoms with Crippen molar-refractivity contribution < 1.29 is 40.6 Å². The van der Waals surface area contributed by atoms with E-state index in [2.05, 4.69) is 25.2 Å².